The van der Waals surface area contributed by atoms with E-state index in [1.165, 1.54) is 19.8 Å². The maximum absolute atomic E-state index is 13.2. The standard InChI is InChI=1S/C14H20FNO/c1-10(15)12-4-5-14(17)13(8-12)7-11-3-2-6-16-9-11/h4-5,8,10-11,16-17H,2-3,6-7,9H2,1H3. The minimum absolute atomic E-state index is 0.292. The third kappa shape index (κ3) is 3.19. The number of rotatable bonds is 3. The van der Waals surface area contributed by atoms with Gasteiger partial charge in [-0.3, -0.25) is 0 Å². The number of hydrogen-bond acceptors (Lipinski definition) is 2. The van der Waals surface area contributed by atoms with Crippen LogP contribution in [0.2, 0.25) is 0 Å². The summed E-state index contributed by atoms with van der Waals surface area (Å²) in [5.41, 5.74) is 1.53. The first kappa shape index (κ1) is 12.4. The summed E-state index contributed by atoms with van der Waals surface area (Å²) < 4.78 is 13.2. The summed E-state index contributed by atoms with van der Waals surface area (Å²) in [7, 11) is 0. The number of phenolic OH excluding ortho intramolecular Hbond substituents is 1. The van der Waals surface area contributed by atoms with Gasteiger partial charge in [0.05, 0.1) is 0 Å². The van der Waals surface area contributed by atoms with Gasteiger partial charge in [0.1, 0.15) is 11.9 Å². The fourth-order valence-electron chi connectivity index (χ4n) is 2.43. The number of aromatic hydroxyl groups is 1. The van der Waals surface area contributed by atoms with E-state index in [4.69, 9.17) is 0 Å². The van der Waals surface area contributed by atoms with Crippen LogP contribution in [0.4, 0.5) is 4.39 Å². The Kier molecular flexibility index (Phi) is 4.00. The van der Waals surface area contributed by atoms with Gasteiger partial charge >= 0.3 is 0 Å². The van der Waals surface area contributed by atoms with Crippen molar-refractivity contribution < 1.29 is 9.50 Å². The molecular formula is C14H20FNO. The molecule has 1 aliphatic rings. The zero-order chi connectivity index (χ0) is 12.3. The second-order valence-electron chi connectivity index (χ2n) is 4.92. The summed E-state index contributed by atoms with van der Waals surface area (Å²) in [6.07, 6.45) is 2.23. The Labute approximate surface area is 102 Å². The van der Waals surface area contributed by atoms with E-state index in [0.717, 1.165) is 25.1 Å². The van der Waals surface area contributed by atoms with E-state index in [9.17, 15) is 9.50 Å². The van der Waals surface area contributed by atoms with Crippen molar-refractivity contribution in [3.63, 3.8) is 0 Å². The summed E-state index contributed by atoms with van der Waals surface area (Å²) in [4.78, 5) is 0. The highest BCUT2D eigenvalue weighted by molar-refractivity contribution is 5.37. The molecule has 0 radical (unpaired) electrons. The molecule has 2 rings (SSSR count). The molecule has 0 amide bonds. The van der Waals surface area contributed by atoms with Crippen molar-refractivity contribution in [1.29, 1.82) is 0 Å². The SMILES string of the molecule is CC(F)c1ccc(O)c(CC2CCCNC2)c1. The molecule has 1 aromatic carbocycles. The van der Waals surface area contributed by atoms with Gasteiger partial charge in [-0.25, -0.2) is 4.39 Å². The van der Waals surface area contributed by atoms with Gasteiger partial charge in [0.25, 0.3) is 0 Å². The number of piperidine rings is 1. The lowest BCUT2D eigenvalue weighted by atomic mass is 9.91. The average molecular weight is 237 g/mol. The van der Waals surface area contributed by atoms with E-state index >= 15 is 0 Å². The molecule has 3 heteroatoms. The predicted molar refractivity (Wildman–Crippen MR) is 66.9 cm³/mol. The molecule has 1 aromatic rings. The van der Waals surface area contributed by atoms with Crippen LogP contribution < -0.4 is 5.32 Å². The Morgan fingerprint density at radius 3 is 3.00 bits per heavy atom. The summed E-state index contributed by atoms with van der Waals surface area (Å²) in [6, 6.07) is 5.06. The topological polar surface area (TPSA) is 32.3 Å². The van der Waals surface area contributed by atoms with Crippen LogP contribution in [0.5, 0.6) is 5.75 Å². The van der Waals surface area contributed by atoms with Gasteiger partial charge in [0.2, 0.25) is 0 Å². The van der Waals surface area contributed by atoms with Crippen LogP contribution in [0.3, 0.4) is 0 Å². The number of phenols is 1. The molecule has 0 spiro atoms. The molecule has 1 fully saturated rings. The molecule has 2 nitrogen and oxygen atoms in total. The van der Waals surface area contributed by atoms with Gasteiger partial charge in [-0.1, -0.05) is 6.07 Å². The van der Waals surface area contributed by atoms with E-state index in [1.807, 2.05) is 0 Å². The van der Waals surface area contributed by atoms with Crippen molar-refractivity contribution >= 4 is 0 Å². The second-order valence-corrected chi connectivity index (χ2v) is 4.92. The summed E-state index contributed by atoms with van der Waals surface area (Å²) in [5.74, 6) is 0.847. The lowest BCUT2D eigenvalue weighted by molar-refractivity contribution is 0.364. The third-order valence-corrected chi connectivity index (χ3v) is 3.47. The van der Waals surface area contributed by atoms with Crippen LogP contribution in [0, 0.1) is 5.92 Å². The minimum Gasteiger partial charge on any atom is -0.508 e. The van der Waals surface area contributed by atoms with Crippen LogP contribution in [-0.4, -0.2) is 18.2 Å². The molecular weight excluding hydrogens is 217 g/mol. The maximum atomic E-state index is 13.2. The molecule has 0 aromatic heterocycles. The Bertz CT molecular complexity index is 372. The zero-order valence-electron chi connectivity index (χ0n) is 10.2. The quantitative estimate of drug-likeness (QED) is 0.847. The maximum Gasteiger partial charge on any atom is 0.122 e. The molecule has 0 aliphatic carbocycles. The first-order valence-electron chi connectivity index (χ1n) is 6.33. The number of halogens is 1. The van der Waals surface area contributed by atoms with Crippen LogP contribution >= 0.6 is 0 Å². The van der Waals surface area contributed by atoms with Crippen molar-refractivity contribution in [2.45, 2.75) is 32.4 Å². The van der Waals surface area contributed by atoms with E-state index in [2.05, 4.69) is 5.32 Å². The van der Waals surface area contributed by atoms with Gasteiger partial charge in [-0.05, 0) is 68.5 Å². The van der Waals surface area contributed by atoms with Gasteiger partial charge in [-0.15, -0.1) is 0 Å². The zero-order valence-corrected chi connectivity index (χ0v) is 10.2. The Morgan fingerprint density at radius 2 is 2.35 bits per heavy atom. The average Bonchev–Trinajstić information content (AvgIpc) is 2.33. The second kappa shape index (κ2) is 5.50. The fraction of sp³-hybridized carbons (Fsp3) is 0.571. The molecule has 94 valence electrons. The molecule has 1 saturated heterocycles. The van der Waals surface area contributed by atoms with Gasteiger partial charge in [-0.2, -0.15) is 0 Å². The molecule has 2 unspecified atom stereocenters. The lowest BCUT2D eigenvalue weighted by Crippen LogP contribution is -2.30. The first-order valence-corrected chi connectivity index (χ1v) is 6.33. The largest absolute Gasteiger partial charge is 0.508 e. The molecule has 1 heterocycles. The number of benzene rings is 1. The highest BCUT2D eigenvalue weighted by atomic mass is 19.1. The van der Waals surface area contributed by atoms with E-state index < -0.39 is 6.17 Å². The van der Waals surface area contributed by atoms with Gasteiger partial charge in [0.15, 0.2) is 0 Å². The molecule has 0 saturated carbocycles. The van der Waals surface area contributed by atoms with Crippen molar-refractivity contribution in [2.75, 3.05) is 13.1 Å². The lowest BCUT2D eigenvalue weighted by Gasteiger charge is -2.23. The van der Waals surface area contributed by atoms with E-state index in [-0.39, 0.29) is 0 Å². The minimum atomic E-state index is -0.973. The van der Waals surface area contributed by atoms with Crippen molar-refractivity contribution in [1.82, 2.24) is 5.32 Å². The van der Waals surface area contributed by atoms with E-state index in [0.29, 0.717) is 17.2 Å². The van der Waals surface area contributed by atoms with Crippen molar-refractivity contribution in [3.05, 3.63) is 29.3 Å². The van der Waals surface area contributed by atoms with Crippen LogP contribution in [0.1, 0.15) is 37.1 Å². The Balaban J connectivity index is 2.10. The molecule has 0 bridgehead atoms. The van der Waals surface area contributed by atoms with E-state index in [1.54, 1.807) is 18.2 Å². The Morgan fingerprint density at radius 1 is 1.53 bits per heavy atom. The highest BCUT2D eigenvalue weighted by Gasteiger charge is 2.16. The van der Waals surface area contributed by atoms with Crippen LogP contribution in [0.15, 0.2) is 18.2 Å². The number of hydrogen-bond donors (Lipinski definition) is 2. The third-order valence-electron chi connectivity index (χ3n) is 3.47. The smallest absolute Gasteiger partial charge is 0.122 e. The van der Waals surface area contributed by atoms with Crippen molar-refractivity contribution in [3.8, 4) is 5.75 Å². The highest BCUT2D eigenvalue weighted by Crippen LogP contribution is 2.27. The summed E-state index contributed by atoms with van der Waals surface area (Å²) in [6.45, 7) is 3.61. The van der Waals surface area contributed by atoms with Crippen molar-refractivity contribution in [2.24, 2.45) is 5.92 Å². The summed E-state index contributed by atoms with van der Waals surface area (Å²) >= 11 is 0. The normalized spacial score (nSPS) is 22.4. The summed E-state index contributed by atoms with van der Waals surface area (Å²) in [5, 5.41) is 13.2. The van der Waals surface area contributed by atoms with Gasteiger partial charge < -0.3 is 10.4 Å². The fourth-order valence-corrected chi connectivity index (χ4v) is 2.43. The van der Waals surface area contributed by atoms with Gasteiger partial charge in [0, 0.05) is 0 Å². The predicted octanol–water partition coefficient (Wildman–Crippen LogP) is 2.96. The molecule has 2 N–H and O–H groups in total. The molecule has 17 heavy (non-hydrogen) atoms. The first-order chi connectivity index (χ1) is 8.16. The Hall–Kier alpha value is -1.09. The molecule has 1 aliphatic heterocycles. The number of alkyl halides is 1. The number of nitrogens with one attached hydrogen (secondary N) is 1. The van der Waals surface area contributed by atoms with Crippen LogP contribution in [0.25, 0.3) is 0 Å². The molecule has 2 atom stereocenters. The van der Waals surface area contributed by atoms with Crippen LogP contribution in [-0.2, 0) is 6.42 Å². The monoisotopic (exact) mass is 237 g/mol.